The third-order valence-corrected chi connectivity index (χ3v) is 3.64. The molecular formula is C15H19FN2O2. The number of hydrogen-bond acceptors (Lipinski definition) is 2. The largest absolute Gasteiger partial charge is 0.350 e. The van der Waals surface area contributed by atoms with Gasteiger partial charge in [-0.3, -0.25) is 9.59 Å². The van der Waals surface area contributed by atoms with Crippen LogP contribution in [0.4, 0.5) is 10.1 Å². The first kappa shape index (κ1) is 14.5. The van der Waals surface area contributed by atoms with Crippen LogP contribution in [-0.2, 0) is 16.0 Å². The first-order valence-electron chi connectivity index (χ1n) is 6.76. The van der Waals surface area contributed by atoms with Gasteiger partial charge in [0.1, 0.15) is 5.82 Å². The zero-order chi connectivity index (χ0) is 14.9. The molecular weight excluding hydrogens is 259 g/mol. The van der Waals surface area contributed by atoms with Crippen LogP contribution in [-0.4, -0.2) is 11.8 Å². The van der Waals surface area contributed by atoms with Crippen LogP contribution in [0.2, 0.25) is 0 Å². The Morgan fingerprint density at radius 2 is 2.00 bits per heavy atom. The van der Waals surface area contributed by atoms with Crippen LogP contribution in [0.15, 0.2) is 6.07 Å². The molecule has 1 aliphatic rings. The van der Waals surface area contributed by atoms with Gasteiger partial charge in [0.2, 0.25) is 11.8 Å². The van der Waals surface area contributed by atoms with E-state index in [0.29, 0.717) is 11.3 Å². The molecule has 1 aliphatic carbocycles. The first-order chi connectivity index (χ1) is 9.40. The van der Waals surface area contributed by atoms with E-state index in [1.165, 1.54) is 19.9 Å². The third-order valence-electron chi connectivity index (χ3n) is 3.64. The van der Waals surface area contributed by atoms with E-state index in [1.807, 2.05) is 0 Å². The molecule has 20 heavy (non-hydrogen) atoms. The lowest BCUT2D eigenvalue weighted by molar-refractivity contribution is -0.119. The second-order valence-electron chi connectivity index (χ2n) is 5.25. The third kappa shape index (κ3) is 2.81. The van der Waals surface area contributed by atoms with Crippen molar-refractivity contribution in [3.63, 3.8) is 0 Å². The molecule has 0 radical (unpaired) electrons. The summed E-state index contributed by atoms with van der Waals surface area (Å²) >= 11 is 0. The summed E-state index contributed by atoms with van der Waals surface area (Å²) in [4.78, 5) is 22.6. The van der Waals surface area contributed by atoms with Crippen LogP contribution < -0.4 is 10.6 Å². The minimum Gasteiger partial charge on any atom is -0.350 e. The van der Waals surface area contributed by atoms with E-state index < -0.39 is 0 Å². The molecule has 0 saturated heterocycles. The number of anilines is 1. The number of nitrogens with one attached hydrogen (secondary N) is 2. The number of benzene rings is 1. The summed E-state index contributed by atoms with van der Waals surface area (Å²) in [7, 11) is 0. The highest BCUT2D eigenvalue weighted by molar-refractivity contribution is 5.90. The molecule has 0 bridgehead atoms. The maximum Gasteiger partial charge on any atom is 0.221 e. The monoisotopic (exact) mass is 278 g/mol. The lowest BCUT2D eigenvalue weighted by Gasteiger charge is -2.30. The van der Waals surface area contributed by atoms with E-state index in [1.54, 1.807) is 6.92 Å². The van der Waals surface area contributed by atoms with Crippen LogP contribution in [0.3, 0.4) is 0 Å². The summed E-state index contributed by atoms with van der Waals surface area (Å²) in [6.45, 7) is 4.57. The van der Waals surface area contributed by atoms with Gasteiger partial charge in [-0.05, 0) is 48.9 Å². The van der Waals surface area contributed by atoms with Gasteiger partial charge >= 0.3 is 0 Å². The van der Waals surface area contributed by atoms with E-state index in [2.05, 4.69) is 10.6 Å². The van der Waals surface area contributed by atoms with E-state index >= 15 is 0 Å². The van der Waals surface area contributed by atoms with E-state index in [0.717, 1.165) is 30.4 Å². The Kier molecular flexibility index (Phi) is 4.06. The summed E-state index contributed by atoms with van der Waals surface area (Å²) < 4.78 is 14.1. The molecule has 1 atom stereocenters. The van der Waals surface area contributed by atoms with Crippen LogP contribution in [0.5, 0.6) is 0 Å². The van der Waals surface area contributed by atoms with Crippen molar-refractivity contribution in [1.29, 1.82) is 0 Å². The van der Waals surface area contributed by atoms with Crippen molar-refractivity contribution in [2.24, 2.45) is 0 Å². The molecule has 0 heterocycles. The van der Waals surface area contributed by atoms with Gasteiger partial charge in [-0.15, -0.1) is 0 Å². The standard InChI is InChI=1S/C15H19FN2O2/c1-8-12(16)7-14(18-10(3)20)11-5-4-6-13(15(8)11)17-9(2)19/h7,13H,4-6H2,1-3H3,(H,17,19)(H,18,20). The zero-order valence-corrected chi connectivity index (χ0v) is 12.0. The molecule has 2 amide bonds. The molecule has 2 rings (SSSR count). The normalized spacial score (nSPS) is 17.3. The molecule has 108 valence electrons. The summed E-state index contributed by atoms with van der Waals surface area (Å²) in [5.41, 5.74) is 2.82. The van der Waals surface area contributed by atoms with Gasteiger partial charge < -0.3 is 10.6 Å². The Labute approximate surface area is 117 Å². The highest BCUT2D eigenvalue weighted by Gasteiger charge is 2.27. The van der Waals surface area contributed by atoms with Gasteiger partial charge in [0.15, 0.2) is 0 Å². The van der Waals surface area contributed by atoms with Gasteiger partial charge in [-0.25, -0.2) is 4.39 Å². The molecule has 1 aromatic rings. The Hall–Kier alpha value is -1.91. The predicted octanol–water partition coefficient (Wildman–Crippen LogP) is 2.61. The fraction of sp³-hybridized carbons (Fsp3) is 0.467. The van der Waals surface area contributed by atoms with E-state index in [4.69, 9.17) is 0 Å². The molecule has 1 unspecified atom stereocenters. The number of rotatable bonds is 2. The van der Waals surface area contributed by atoms with Gasteiger partial charge in [0.25, 0.3) is 0 Å². The molecule has 1 aromatic carbocycles. The Morgan fingerprint density at radius 3 is 2.60 bits per heavy atom. The number of carbonyl (C=O) groups is 2. The number of halogens is 1. The van der Waals surface area contributed by atoms with Crippen LogP contribution in [0, 0.1) is 12.7 Å². The molecule has 0 spiro atoms. The lowest BCUT2D eigenvalue weighted by atomic mass is 9.83. The van der Waals surface area contributed by atoms with Gasteiger partial charge in [0.05, 0.1) is 6.04 Å². The van der Waals surface area contributed by atoms with Crippen molar-refractivity contribution in [3.8, 4) is 0 Å². The summed E-state index contributed by atoms with van der Waals surface area (Å²) in [6, 6.07) is 1.19. The minimum absolute atomic E-state index is 0.132. The van der Waals surface area contributed by atoms with Gasteiger partial charge in [0, 0.05) is 19.5 Å². The topological polar surface area (TPSA) is 58.2 Å². The smallest absolute Gasteiger partial charge is 0.221 e. The maximum absolute atomic E-state index is 14.1. The van der Waals surface area contributed by atoms with Gasteiger partial charge in [-0.2, -0.15) is 0 Å². The SMILES string of the molecule is CC(=O)Nc1cc(F)c(C)c2c1CCCC2NC(C)=O. The zero-order valence-electron chi connectivity index (χ0n) is 12.0. The molecule has 5 heteroatoms. The fourth-order valence-electron chi connectivity index (χ4n) is 2.88. The number of fused-ring (bicyclic) bond motifs is 1. The second-order valence-corrected chi connectivity index (χ2v) is 5.25. The molecule has 2 N–H and O–H groups in total. The Morgan fingerprint density at radius 1 is 1.30 bits per heavy atom. The number of amides is 2. The second kappa shape index (κ2) is 5.61. The molecule has 0 fully saturated rings. The number of hydrogen-bond donors (Lipinski definition) is 2. The van der Waals surface area contributed by atoms with Crippen molar-refractivity contribution in [2.45, 2.75) is 46.1 Å². The highest BCUT2D eigenvalue weighted by atomic mass is 19.1. The highest BCUT2D eigenvalue weighted by Crippen LogP contribution is 2.37. The first-order valence-corrected chi connectivity index (χ1v) is 6.76. The summed E-state index contributed by atoms with van der Waals surface area (Å²) in [6.07, 6.45) is 2.47. The van der Waals surface area contributed by atoms with Crippen molar-refractivity contribution < 1.29 is 14.0 Å². The Balaban J connectivity index is 2.53. The predicted molar refractivity (Wildman–Crippen MR) is 74.9 cm³/mol. The molecule has 4 nitrogen and oxygen atoms in total. The summed E-state index contributed by atoms with van der Waals surface area (Å²) in [5, 5.41) is 5.55. The fourth-order valence-corrected chi connectivity index (χ4v) is 2.88. The van der Waals surface area contributed by atoms with Gasteiger partial charge in [-0.1, -0.05) is 0 Å². The van der Waals surface area contributed by atoms with Crippen LogP contribution >= 0.6 is 0 Å². The number of carbonyl (C=O) groups excluding carboxylic acids is 2. The maximum atomic E-state index is 14.1. The van der Waals surface area contributed by atoms with E-state index in [9.17, 15) is 14.0 Å². The minimum atomic E-state index is -0.357. The average molecular weight is 278 g/mol. The van der Waals surface area contributed by atoms with Crippen molar-refractivity contribution >= 4 is 17.5 Å². The van der Waals surface area contributed by atoms with E-state index in [-0.39, 0.29) is 23.7 Å². The molecule has 0 aromatic heterocycles. The van der Waals surface area contributed by atoms with Crippen molar-refractivity contribution in [1.82, 2.24) is 5.32 Å². The summed E-state index contributed by atoms with van der Waals surface area (Å²) in [5.74, 6) is -0.713. The Bertz CT molecular complexity index is 569. The lowest BCUT2D eigenvalue weighted by Crippen LogP contribution is -2.30. The molecule has 0 aliphatic heterocycles. The van der Waals surface area contributed by atoms with Crippen LogP contribution in [0.25, 0.3) is 0 Å². The van der Waals surface area contributed by atoms with Crippen molar-refractivity contribution in [3.05, 3.63) is 28.6 Å². The van der Waals surface area contributed by atoms with Crippen molar-refractivity contribution in [2.75, 3.05) is 5.32 Å². The quantitative estimate of drug-likeness (QED) is 0.873. The van der Waals surface area contributed by atoms with Crippen LogP contribution in [0.1, 0.15) is 49.4 Å². The molecule has 0 saturated carbocycles. The average Bonchev–Trinajstić information content (AvgIpc) is 2.34.